The zero-order valence-corrected chi connectivity index (χ0v) is 15.3. The van der Waals surface area contributed by atoms with Gasteiger partial charge in [0.1, 0.15) is 5.75 Å². The molecule has 2 fully saturated rings. The summed E-state index contributed by atoms with van der Waals surface area (Å²) in [4.78, 5) is 17.3. The van der Waals surface area contributed by atoms with Gasteiger partial charge in [0.15, 0.2) is 0 Å². The van der Waals surface area contributed by atoms with Crippen LogP contribution in [-0.4, -0.2) is 33.7 Å². The fourth-order valence-electron chi connectivity index (χ4n) is 4.93. The summed E-state index contributed by atoms with van der Waals surface area (Å²) in [5.74, 6) is -0.172. The number of carbonyl (C=O) groups is 1. The largest absolute Gasteiger partial charge is 0.508 e. The van der Waals surface area contributed by atoms with E-state index >= 15 is 0 Å². The summed E-state index contributed by atoms with van der Waals surface area (Å²) >= 11 is 0. The minimum absolute atomic E-state index is 0.0191. The average Bonchev–Trinajstić information content (AvgIpc) is 3.08. The van der Waals surface area contributed by atoms with Crippen LogP contribution in [0.3, 0.4) is 0 Å². The summed E-state index contributed by atoms with van der Waals surface area (Å²) < 4.78 is 0. The number of amides is 1. The van der Waals surface area contributed by atoms with Crippen molar-refractivity contribution >= 4 is 17.3 Å². The van der Waals surface area contributed by atoms with Crippen LogP contribution in [0, 0.1) is 17.2 Å². The van der Waals surface area contributed by atoms with E-state index in [9.17, 15) is 9.90 Å². The molecule has 2 aromatic carbocycles. The fourth-order valence-corrected chi connectivity index (χ4v) is 4.93. The second-order valence-electron chi connectivity index (χ2n) is 7.64. The van der Waals surface area contributed by atoms with Crippen LogP contribution < -0.4 is 4.90 Å². The lowest BCUT2D eigenvalue weighted by molar-refractivity contribution is -0.121. The Morgan fingerprint density at radius 2 is 1.75 bits per heavy atom. The number of phenolic OH excluding ortho intramolecular Hbond substituents is 1. The van der Waals surface area contributed by atoms with Gasteiger partial charge in [0.25, 0.3) is 0 Å². The first-order chi connectivity index (χ1) is 13.6. The number of carbonyl (C=O) groups excluding carboxylic acids is 1. The summed E-state index contributed by atoms with van der Waals surface area (Å²) in [6.45, 7) is 4.96. The Balaban J connectivity index is 1.52. The number of phenols is 1. The first-order valence-electron chi connectivity index (χ1n) is 9.44. The molecule has 0 radical (unpaired) electrons. The van der Waals surface area contributed by atoms with Gasteiger partial charge in [-0.05, 0) is 35.9 Å². The molecule has 3 heterocycles. The van der Waals surface area contributed by atoms with Crippen LogP contribution in [0.2, 0.25) is 0 Å². The lowest BCUT2D eigenvalue weighted by Crippen LogP contribution is -2.46. The lowest BCUT2D eigenvalue weighted by Gasteiger charge is -2.35. The highest BCUT2D eigenvalue weighted by Gasteiger charge is 2.60. The number of benzene rings is 2. The minimum Gasteiger partial charge on any atom is -0.508 e. The van der Waals surface area contributed by atoms with E-state index in [2.05, 4.69) is 23.6 Å². The Bertz CT molecular complexity index is 996. The van der Waals surface area contributed by atoms with Gasteiger partial charge in [-0.25, -0.2) is 0 Å². The zero-order valence-electron chi connectivity index (χ0n) is 15.3. The van der Waals surface area contributed by atoms with Crippen LogP contribution >= 0.6 is 0 Å². The molecule has 0 spiro atoms. The molecule has 0 aliphatic carbocycles. The van der Waals surface area contributed by atoms with Gasteiger partial charge in [0.2, 0.25) is 5.91 Å². The Morgan fingerprint density at radius 3 is 2.46 bits per heavy atom. The predicted octanol–water partition coefficient (Wildman–Crippen LogP) is 3.33. The van der Waals surface area contributed by atoms with Gasteiger partial charge in [-0.1, -0.05) is 43.0 Å². The van der Waals surface area contributed by atoms with E-state index in [1.807, 2.05) is 30.4 Å². The third-order valence-electron chi connectivity index (χ3n) is 6.12. The smallest absolute Gasteiger partial charge is 0.237 e. The van der Waals surface area contributed by atoms with E-state index in [-0.39, 0.29) is 35.6 Å². The number of fused-ring (bicyclic) bond motifs is 5. The molecule has 5 nitrogen and oxygen atoms in total. The Kier molecular flexibility index (Phi) is 3.74. The van der Waals surface area contributed by atoms with Gasteiger partial charge in [-0.3, -0.25) is 14.6 Å². The molecule has 5 rings (SSSR count). The molecule has 2 aromatic rings. The summed E-state index contributed by atoms with van der Waals surface area (Å²) in [5.41, 5.74) is 3.15. The first kappa shape index (κ1) is 17.0. The highest BCUT2D eigenvalue weighted by Crippen LogP contribution is 2.50. The van der Waals surface area contributed by atoms with Crippen molar-refractivity contribution in [3.8, 4) is 5.75 Å². The summed E-state index contributed by atoms with van der Waals surface area (Å²) in [6, 6.07) is 16.6. The SMILES string of the molecule is C=C1[C@H]2[C@@H](C(=O)N1c1ccc(O)cc1)[C@@H]1C=CC(=N)[C@H]2N1Cc1ccccc1. The van der Waals surface area contributed by atoms with Crippen LogP contribution in [0.5, 0.6) is 5.75 Å². The Labute approximate surface area is 163 Å². The van der Waals surface area contributed by atoms with Crippen LogP contribution in [0.4, 0.5) is 5.69 Å². The molecule has 0 unspecified atom stereocenters. The molecule has 140 valence electrons. The molecule has 3 aliphatic rings. The van der Waals surface area contributed by atoms with Crippen molar-refractivity contribution in [3.63, 3.8) is 0 Å². The van der Waals surface area contributed by atoms with Crippen molar-refractivity contribution in [3.05, 3.63) is 84.6 Å². The van der Waals surface area contributed by atoms with Gasteiger partial charge < -0.3 is 10.5 Å². The fraction of sp³-hybridized carbons (Fsp3) is 0.217. The normalized spacial score (nSPS) is 28.9. The van der Waals surface area contributed by atoms with E-state index in [1.54, 1.807) is 29.2 Å². The molecule has 4 atom stereocenters. The van der Waals surface area contributed by atoms with E-state index in [1.165, 1.54) is 5.56 Å². The summed E-state index contributed by atoms with van der Waals surface area (Å²) in [5, 5.41) is 18.1. The predicted molar refractivity (Wildman–Crippen MR) is 108 cm³/mol. The summed E-state index contributed by atoms with van der Waals surface area (Å²) in [7, 11) is 0. The van der Waals surface area contributed by atoms with Gasteiger partial charge in [-0.15, -0.1) is 0 Å². The number of hydrogen-bond donors (Lipinski definition) is 2. The maximum absolute atomic E-state index is 13.4. The Morgan fingerprint density at radius 1 is 1.04 bits per heavy atom. The number of nitrogens with one attached hydrogen (secondary N) is 1. The number of nitrogens with zero attached hydrogens (tertiary/aromatic N) is 2. The van der Waals surface area contributed by atoms with E-state index in [0.29, 0.717) is 17.9 Å². The molecule has 2 N–H and O–H groups in total. The van der Waals surface area contributed by atoms with E-state index < -0.39 is 0 Å². The van der Waals surface area contributed by atoms with Crippen LogP contribution in [-0.2, 0) is 11.3 Å². The van der Waals surface area contributed by atoms with Gasteiger partial charge in [-0.2, -0.15) is 0 Å². The molecule has 0 aromatic heterocycles. The average molecular weight is 371 g/mol. The maximum Gasteiger partial charge on any atom is 0.237 e. The van der Waals surface area contributed by atoms with E-state index in [4.69, 9.17) is 5.41 Å². The molecule has 2 bridgehead atoms. The highest BCUT2D eigenvalue weighted by molar-refractivity contribution is 6.07. The van der Waals surface area contributed by atoms with Crippen LogP contribution in [0.25, 0.3) is 0 Å². The monoisotopic (exact) mass is 371 g/mol. The number of aromatic hydroxyl groups is 1. The molecule has 1 amide bonds. The highest BCUT2D eigenvalue weighted by atomic mass is 16.3. The van der Waals surface area contributed by atoms with Crippen LogP contribution in [0.1, 0.15) is 5.56 Å². The standard InChI is InChI=1S/C23H21N3O2/c1-14-20-21(23(28)26(14)16-7-9-17(27)10-8-16)19-12-11-18(24)22(20)25(19)13-15-5-3-2-4-6-15/h2-12,19-22,24,27H,1,13H2/t19-,20-,21-,22+/m0/s1. The third-order valence-corrected chi connectivity index (χ3v) is 6.12. The van der Waals surface area contributed by atoms with Gasteiger partial charge in [0, 0.05) is 35.6 Å². The third kappa shape index (κ3) is 2.36. The number of anilines is 1. The van der Waals surface area contributed by atoms with E-state index in [0.717, 1.165) is 5.70 Å². The van der Waals surface area contributed by atoms with Crippen molar-refractivity contribution in [2.24, 2.45) is 11.8 Å². The lowest BCUT2D eigenvalue weighted by atomic mass is 9.88. The molecule has 0 saturated carbocycles. The molecule has 2 saturated heterocycles. The van der Waals surface area contributed by atoms with Crippen molar-refractivity contribution in [2.75, 3.05) is 4.90 Å². The number of hydrogen-bond acceptors (Lipinski definition) is 4. The second kappa shape index (κ2) is 6.17. The van der Waals surface area contributed by atoms with Crippen molar-refractivity contribution in [1.82, 2.24) is 4.90 Å². The second-order valence-corrected chi connectivity index (χ2v) is 7.64. The maximum atomic E-state index is 13.4. The van der Waals surface area contributed by atoms with Crippen LogP contribution in [0.15, 0.2) is 79.0 Å². The zero-order chi connectivity index (χ0) is 19.4. The molecule has 3 aliphatic heterocycles. The number of rotatable bonds is 3. The molecule has 5 heteroatoms. The van der Waals surface area contributed by atoms with Gasteiger partial charge >= 0.3 is 0 Å². The summed E-state index contributed by atoms with van der Waals surface area (Å²) in [6.07, 6.45) is 3.85. The van der Waals surface area contributed by atoms with Crippen molar-refractivity contribution in [2.45, 2.75) is 18.6 Å². The molecular formula is C23H21N3O2. The van der Waals surface area contributed by atoms with Crippen molar-refractivity contribution < 1.29 is 9.90 Å². The Hall–Kier alpha value is -3.18. The van der Waals surface area contributed by atoms with Gasteiger partial charge in [0.05, 0.1) is 12.0 Å². The molecular weight excluding hydrogens is 350 g/mol. The van der Waals surface area contributed by atoms with Crippen molar-refractivity contribution in [1.29, 1.82) is 5.41 Å². The first-order valence-corrected chi connectivity index (χ1v) is 9.44. The molecule has 28 heavy (non-hydrogen) atoms. The topological polar surface area (TPSA) is 67.6 Å². The quantitative estimate of drug-likeness (QED) is 0.870. The minimum atomic E-state index is -0.242.